The SMILES string of the molecule is O=C(c1cc(-c2cccs2)[nH]c(=O)n1)N1CCc2ccccc21. The molecule has 0 atom stereocenters. The zero-order chi connectivity index (χ0) is 15.8. The summed E-state index contributed by atoms with van der Waals surface area (Å²) in [5, 5.41) is 1.92. The van der Waals surface area contributed by atoms with Crippen molar-refractivity contribution in [2.24, 2.45) is 0 Å². The maximum atomic E-state index is 12.8. The molecule has 23 heavy (non-hydrogen) atoms. The van der Waals surface area contributed by atoms with Gasteiger partial charge in [-0.25, -0.2) is 4.79 Å². The van der Waals surface area contributed by atoms with Gasteiger partial charge in [0.15, 0.2) is 0 Å². The first kappa shape index (κ1) is 13.9. The number of hydrogen-bond donors (Lipinski definition) is 1. The van der Waals surface area contributed by atoms with Crippen molar-refractivity contribution in [3.05, 3.63) is 69.6 Å². The number of carbonyl (C=O) groups is 1. The molecule has 1 aromatic carbocycles. The van der Waals surface area contributed by atoms with Gasteiger partial charge < -0.3 is 9.88 Å². The zero-order valence-electron chi connectivity index (χ0n) is 12.2. The van der Waals surface area contributed by atoms with Gasteiger partial charge in [-0.05, 0) is 35.6 Å². The number of benzene rings is 1. The maximum absolute atomic E-state index is 12.8. The van der Waals surface area contributed by atoms with Crippen molar-refractivity contribution in [3.63, 3.8) is 0 Å². The minimum atomic E-state index is -0.508. The molecule has 2 aromatic heterocycles. The summed E-state index contributed by atoms with van der Waals surface area (Å²) in [7, 11) is 0. The van der Waals surface area contributed by atoms with Crippen LogP contribution in [0.15, 0.2) is 52.6 Å². The largest absolute Gasteiger partial charge is 0.346 e. The molecule has 3 heterocycles. The van der Waals surface area contributed by atoms with E-state index < -0.39 is 5.69 Å². The van der Waals surface area contributed by atoms with Gasteiger partial charge in [-0.3, -0.25) is 4.79 Å². The van der Waals surface area contributed by atoms with Crippen LogP contribution in [-0.2, 0) is 6.42 Å². The number of aromatic amines is 1. The Kier molecular flexibility index (Phi) is 3.31. The Morgan fingerprint density at radius 3 is 2.91 bits per heavy atom. The molecule has 1 aliphatic heterocycles. The monoisotopic (exact) mass is 323 g/mol. The van der Waals surface area contributed by atoms with Gasteiger partial charge in [0.1, 0.15) is 5.69 Å². The molecule has 0 saturated heterocycles. The molecule has 0 saturated carbocycles. The molecular formula is C17H13N3O2S. The van der Waals surface area contributed by atoms with Gasteiger partial charge in [0.2, 0.25) is 0 Å². The third-order valence-electron chi connectivity index (χ3n) is 3.88. The second-order valence-corrected chi connectivity index (χ2v) is 6.25. The van der Waals surface area contributed by atoms with Gasteiger partial charge in [-0.15, -0.1) is 11.3 Å². The standard InChI is InChI=1S/C17H13N3O2S/c21-16(20-8-7-11-4-1-2-5-14(11)20)13-10-12(18-17(22)19-13)15-6-3-9-23-15/h1-6,9-10H,7-8H2,(H,18,19,22). The van der Waals surface area contributed by atoms with Gasteiger partial charge in [0.05, 0.1) is 10.6 Å². The summed E-state index contributed by atoms with van der Waals surface area (Å²) in [6.45, 7) is 0.612. The lowest BCUT2D eigenvalue weighted by Gasteiger charge is -2.16. The number of anilines is 1. The van der Waals surface area contributed by atoms with E-state index >= 15 is 0 Å². The third-order valence-corrected chi connectivity index (χ3v) is 4.79. The predicted molar refractivity (Wildman–Crippen MR) is 90.0 cm³/mol. The van der Waals surface area contributed by atoms with E-state index in [1.165, 1.54) is 11.3 Å². The summed E-state index contributed by atoms with van der Waals surface area (Å²) in [6, 6.07) is 13.3. The first-order valence-corrected chi connectivity index (χ1v) is 8.15. The number of nitrogens with zero attached hydrogens (tertiary/aromatic N) is 2. The van der Waals surface area contributed by atoms with Crippen molar-refractivity contribution in [2.45, 2.75) is 6.42 Å². The van der Waals surface area contributed by atoms with Crippen LogP contribution < -0.4 is 10.6 Å². The lowest BCUT2D eigenvalue weighted by atomic mass is 10.2. The highest BCUT2D eigenvalue weighted by Crippen LogP contribution is 2.29. The smallest absolute Gasteiger partial charge is 0.306 e. The number of nitrogens with one attached hydrogen (secondary N) is 1. The molecule has 1 N–H and O–H groups in total. The van der Waals surface area contributed by atoms with Crippen LogP contribution >= 0.6 is 11.3 Å². The van der Waals surface area contributed by atoms with Gasteiger partial charge in [0, 0.05) is 12.2 Å². The molecule has 5 nitrogen and oxygen atoms in total. The lowest BCUT2D eigenvalue weighted by molar-refractivity contribution is 0.0984. The van der Waals surface area contributed by atoms with Crippen molar-refractivity contribution in [3.8, 4) is 10.6 Å². The molecule has 4 rings (SSSR count). The number of rotatable bonds is 2. The van der Waals surface area contributed by atoms with E-state index in [1.54, 1.807) is 11.0 Å². The average Bonchev–Trinajstić information content (AvgIpc) is 3.23. The van der Waals surface area contributed by atoms with E-state index in [0.717, 1.165) is 22.5 Å². The number of para-hydroxylation sites is 1. The van der Waals surface area contributed by atoms with Gasteiger partial charge >= 0.3 is 5.69 Å². The van der Waals surface area contributed by atoms with Crippen molar-refractivity contribution in [1.29, 1.82) is 0 Å². The second-order valence-electron chi connectivity index (χ2n) is 5.30. The number of aromatic nitrogens is 2. The Hall–Kier alpha value is -2.73. The van der Waals surface area contributed by atoms with E-state index in [0.29, 0.717) is 12.2 Å². The van der Waals surface area contributed by atoms with Crippen LogP contribution in [0, 0.1) is 0 Å². The summed E-state index contributed by atoms with van der Waals surface area (Å²) in [5.74, 6) is -0.237. The Morgan fingerprint density at radius 2 is 2.09 bits per heavy atom. The summed E-state index contributed by atoms with van der Waals surface area (Å²) in [5.41, 5.74) is 2.33. The topological polar surface area (TPSA) is 66.1 Å². The minimum Gasteiger partial charge on any atom is -0.306 e. The highest BCUT2D eigenvalue weighted by atomic mass is 32.1. The summed E-state index contributed by atoms with van der Waals surface area (Å²) >= 11 is 1.50. The molecule has 3 aromatic rings. The van der Waals surface area contributed by atoms with Crippen LogP contribution in [-0.4, -0.2) is 22.4 Å². The van der Waals surface area contributed by atoms with Crippen molar-refractivity contribution >= 4 is 22.9 Å². The summed E-state index contributed by atoms with van der Waals surface area (Å²) < 4.78 is 0. The minimum absolute atomic E-state index is 0.175. The zero-order valence-corrected chi connectivity index (χ0v) is 13.0. The fraction of sp³-hybridized carbons (Fsp3) is 0.118. The van der Waals surface area contributed by atoms with Gasteiger partial charge in [0.25, 0.3) is 5.91 Å². The van der Waals surface area contributed by atoms with E-state index in [1.807, 2.05) is 41.8 Å². The molecule has 0 radical (unpaired) electrons. The number of carbonyl (C=O) groups excluding carboxylic acids is 1. The van der Waals surface area contributed by atoms with Crippen LogP contribution in [0.25, 0.3) is 10.6 Å². The Morgan fingerprint density at radius 1 is 1.22 bits per heavy atom. The Labute approximate surface area is 136 Å². The van der Waals surface area contributed by atoms with E-state index in [2.05, 4.69) is 9.97 Å². The van der Waals surface area contributed by atoms with Crippen molar-refractivity contribution in [1.82, 2.24) is 9.97 Å². The first-order valence-electron chi connectivity index (χ1n) is 7.27. The highest BCUT2D eigenvalue weighted by Gasteiger charge is 2.26. The number of amides is 1. The van der Waals surface area contributed by atoms with Crippen molar-refractivity contribution in [2.75, 3.05) is 11.4 Å². The highest BCUT2D eigenvalue weighted by molar-refractivity contribution is 7.13. The van der Waals surface area contributed by atoms with Crippen LogP contribution in [0.5, 0.6) is 0 Å². The summed E-state index contributed by atoms with van der Waals surface area (Å²) in [4.78, 5) is 33.8. The molecule has 1 aliphatic rings. The molecule has 0 unspecified atom stereocenters. The maximum Gasteiger partial charge on any atom is 0.346 e. The van der Waals surface area contributed by atoms with E-state index in [4.69, 9.17) is 0 Å². The van der Waals surface area contributed by atoms with Gasteiger partial charge in [-0.1, -0.05) is 24.3 Å². The van der Waals surface area contributed by atoms with E-state index in [-0.39, 0.29) is 11.6 Å². The normalized spacial score (nSPS) is 13.1. The molecule has 1 amide bonds. The fourth-order valence-corrected chi connectivity index (χ4v) is 3.52. The molecule has 0 fully saturated rings. The molecule has 114 valence electrons. The second kappa shape index (κ2) is 5.48. The molecular weight excluding hydrogens is 310 g/mol. The Balaban J connectivity index is 1.74. The number of thiophene rings is 1. The van der Waals surface area contributed by atoms with Crippen LogP contribution in [0.1, 0.15) is 16.1 Å². The van der Waals surface area contributed by atoms with E-state index in [9.17, 15) is 9.59 Å². The average molecular weight is 323 g/mol. The number of fused-ring (bicyclic) bond motifs is 1. The Bertz CT molecular complexity index is 931. The van der Waals surface area contributed by atoms with Crippen molar-refractivity contribution < 1.29 is 4.79 Å². The van der Waals surface area contributed by atoms with Crippen LogP contribution in [0.4, 0.5) is 5.69 Å². The molecule has 6 heteroatoms. The quantitative estimate of drug-likeness (QED) is 0.788. The molecule has 0 aliphatic carbocycles. The van der Waals surface area contributed by atoms with Crippen LogP contribution in [0.2, 0.25) is 0 Å². The molecule has 0 bridgehead atoms. The number of H-pyrrole nitrogens is 1. The first-order chi connectivity index (χ1) is 11.2. The third kappa shape index (κ3) is 2.47. The number of hydrogen-bond acceptors (Lipinski definition) is 4. The van der Waals surface area contributed by atoms with Gasteiger partial charge in [-0.2, -0.15) is 4.98 Å². The fourth-order valence-electron chi connectivity index (χ4n) is 2.82. The lowest BCUT2D eigenvalue weighted by Crippen LogP contribution is -2.31. The predicted octanol–water partition coefficient (Wildman–Crippen LogP) is 2.70. The van der Waals surface area contributed by atoms with Crippen LogP contribution in [0.3, 0.4) is 0 Å². The summed E-state index contributed by atoms with van der Waals surface area (Å²) in [6.07, 6.45) is 0.822. The molecule has 0 spiro atoms.